The molecule has 0 bridgehead atoms. The highest BCUT2D eigenvalue weighted by Crippen LogP contribution is 2.42. The Labute approximate surface area is 129 Å². The minimum atomic E-state index is 0.0936. The average Bonchev–Trinajstić information content (AvgIpc) is 2.54. The van der Waals surface area contributed by atoms with Crippen LogP contribution in [0.3, 0.4) is 0 Å². The number of benzene rings is 3. The maximum Gasteiger partial charge on any atom is 0.225 e. The zero-order valence-electron chi connectivity index (χ0n) is 12.5. The number of fused-ring (bicyclic) bond motifs is 3. The van der Waals surface area contributed by atoms with E-state index in [1.165, 1.54) is 27.5 Å². The summed E-state index contributed by atoms with van der Waals surface area (Å²) in [5.74, 6) is 0.215. The lowest BCUT2D eigenvalue weighted by molar-refractivity contribution is -0.116. The molecule has 0 unspecified atom stereocenters. The first-order valence-corrected chi connectivity index (χ1v) is 7.61. The van der Waals surface area contributed by atoms with Crippen LogP contribution >= 0.6 is 0 Å². The molecule has 3 aromatic rings. The fourth-order valence-corrected chi connectivity index (χ4v) is 3.51. The van der Waals surface area contributed by atoms with Crippen LogP contribution in [0.15, 0.2) is 60.7 Å². The molecule has 0 saturated carbocycles. The van der Waals surface area contributed by atoms with E-state index in [0.717, 1.165) is 5.69 Å². The lowest BCUT2D eigenvalue weighted by Crippen LogP contribution is -2.24. The van der Waals surface area contributed by atoms with Gasteiger partial charge in [-0.3, -0.25) is 4.79 Å². The van der Waals surface area contributed by atoms with Crippen molar-refractivity contribution in [3.63, 3.8) is 0 Å². The fourth-order valence-electron chi connectivity index (χ4n) is 3.51. The molecule has 3 aromatic carbocycles. The molecular formula is C20H17NO. The summed E-state index contributed by atoms with van der Waals surface area (Å²) in [6, 6.07) is 20.9. The van der Waals surface area contributed by atoms with Gasteiger partial charge < -0.3 is 5.32 Å². The van der Waals surface area contributed by atoms with Gasteiger partial charge in [-0.1, -0.05) is 54.6 Å². The molecule has 2 heteroatoms. The summed E-state index contributed by atoms with van der Waals surface area (Å²) in [5, 5.41) is 5.48. The minimum Gasteiger partial charge on any atom is -0.326 e. The van der Waals surface area contributed by atoms with E-state index in [1.54, 1.807) is 0 Å². The van der Waals surface area contributed by atoms with Crippen molar-refractivity contribution in [3.05, 3.63) is 77.4 Å². The van der Waals surface area contributed by atoms with Crippen LogP contribution in [0.5, 0.6) is 0 Å². The standard InChI is InChI=1S/C20H17NO/c1-13-6-2-4-8-15(13)17-12-19(22)21-18-11-10-14-7-3-5-9-16(14)20(17)18/h2-11,17H,12H2,1H3,(H,21,22)/t17-/m1/s1. The number of carbonyl (C=O) groups is 1. The normalized spacial score (nSPS) is 17.1. The van der Waals surface area contributed by atoms with Gasteiger partial charge in [-0.05, 0) is 40.5 Å². The van der Waals surface area contributed by atoms with Gasteiger partial charge in [0.1, 0.15) is 0 Å². The topological polar surface area (TPSA) is 29.1 Å². The van der Waals surface area contributed by atoms with Gasteiger partial charge in [-0.25, -0.2) is 0 Å². The van der Waals surface area contributed by atoms with Crippen LogP contribution in [0.1, 0.15) is 29.0 Å². The minimum absolute atomic E-state index is 0.0936. The van der Waals surface area contributed by atoms with Crippen molar-refractivity contribution < 1.29 is 4.79 Å². The smallest absolute Gasteiger partial charge is 0.225 e. The van der Waals surface area contributed by atoms with Crippen LogP contribution in [0.2, 0.25) is 0 Å². The molecule has 0 aliphatic carbocycles. The van der Waals surface area contributed by atoms with Crippen molar-refractivity contribution in [2.24, 2.45) is 0 Å². The summed E-state index contributed by atoms with van der Waals surface area (Å²) in [6.45, 7) is 2.12. The van der Waals surface area contributed by atoms with Gasteiger partial charge in [0.25, 0.3) is 0 Å². The van der Waals surface area contributed by atoms with Crippen molar-refractivity contribution in [2.45, 2.75) is 19.3 Å². The van der Waals surface area contributed by atoms with Crippen LogP contribution in [0.4, 0.5) is 5.69 Å². The summed E-state index contributed by atoms with van der Waals surface area (Å²) in [7, 11) is 0. The third-order valence-electron chi connectivity index (χ3n) is 4.55. The SMILES string of the molecule is Cc1ccccc1[C@H]1CC(=O)Nc2ccc3ccccc3c21. The zero-order chi connectivity index (χ0) is 15.1. The van der Waals surface area contributed by atoms with Gasteiger partial charge in [0.2, 0.25) is 5.91 Å². The van der Waals surface area contributed by atoms with E-state index in [4.69, 9.17) is 0 Å². The molecule has 1 N–H and O–H groups in total. The molecule has 22 heavy (non-hydrogen) atoms. The second kappa shape index (κ2) is 4.99. The summed E-state index contributed by atoms with van der Waals surface area (Å²) in [4.78, 5) is 12.1. The van der Waals surface area contributed by atoms with E-state index in [2.05, 4.69) is 60.8 Å². The fraction of sp³-hybridized carbons (Fsp3) is 0.150. The Kier molecular flexibility index (Phi) is 2.97. The van der Waals surface area contributed by atoms with Crippen molar-refractivity contribution in [2.75, 3.05) is 5.32 Å². The highest BCUT2D eigenvalue weighted by Gasteiger charge is 2.28. The number of amides is 1. The third kappa shape index (κ3) is 2.00. The van der Waals surface area contributed by atoms with Crippen molar-refractivity contribution in [1.82, 2.24) is 0 Å². The van der Waals surface area contributed by atoms with Crippen molar-refractivity contribution >= 4 is 22.4 Å². The number of rotatable bonds is 1. The van der Waals surface area contributed by atoms with Crippen LogP contribution in [0, 0.1) is 6.92 Å². The van der Waals surface area contributed by atoms with E-state index in [1.807, 2.05) is 12.1 Å². The Hall–Kier alpha value is -2.61. The molecule has 0 fully saturated rings. The largest absolute Gasteiger partial charge is 0.326 e. The van der Waals surface area contributed by atoms with Gasteiger partial charge in [0.15, 0.2) is 0 Å². The van der Waals surface area contributed by atoms with Crippen LogP contribution < -0.4 is 5.32 Å². The number of hydrogen-bond acceptors (Lipinski definition) is 1. The van der Waals surface area contributed by atoms with Gasteiger partial charge in [-0.2, -0.15) is 0 Å². The first-order chi connectivity index (χ1) is 10.7. The Morgan fingerprint density at radius 3 is 2.59 bits per heavy atom. The van der Waals surface area contributed by atoms with E-state index < -0.39 is 0 Å². The van der Waals surface area contributed by atoms with Crippen LogP contribution in [0.25, 0.3) is 10.8 Å². The molecule has 1 aliphatic rings. The van der Waals surface area contributed by atoms with Crippen LogP contribution in [-0.4, -0.2) is 5.91 Å². The Bertz CT molecular complexity index is 882. The van der Waals surface area contributed by atoms with E-state index in [9.17, 15) is 4.79 Å². The van der Waals surface area contributed by atoms with E-state index >= 15 is 0 Å². The second-order valence-corrected chi connectivity index (χ2v) is 5.91. The summed E-state index contributed by atoms with van der Waals surface area (Å²) < 4.78 is 0. The molecular weight excluding hydrogens is 270 g/mol. The maximum absolute atomic E-state index is 12.1. The molecule has 108 valence electrons. The lowest BCUT2D eigenvalue weighted by Gasteiger charge is -2.28. The monoisotopic (exact) mass is 287 g/mol. The molecule has 0 spiro atoms. The van der Waals surface area contributed by atoms with Gasteiger partial charge in [-0.15, -0.1) is 0 Å². The lowest BCUT2D eigenvalue weighted by atomic mass is 9.80. The summed E-state index contributed by atoms with van der Waals surface area (Å²) in [5.41, 5.74) is 4.67. The van der Waals surface area contributed by atoms with Gasteiger partial charge in [0, 0.05) is 18.0 Å². The third-order valence-corrected chi connectivity index (χ3v) is 4.55. The predicted octanol–water partition coefficient (Wildman–Crippen LogP) is 4.62. The summed E-state index contributed by atoms with van der Waals surface area (Å²) in [6.07, 6.45) is 0.506. The average molecular weight is 287 g/mol. The number of carbonyl (C=O) groups excluding carboxylic acids is 1. The van der Waals surface area contributed by atoms with Crippen molar-refractivity contribution in [1.29, 1.82) is 0 Å². The van der Waals surface area contributed by atoms with E-state index in [-0.39, 0.29) is 11.8 Å². The Morgan fingerprint density at radius 1 is 0.955 bits per heavy atom. The zero-order valence-corrected chi connectivity index (χ0v) is 12.5. The van der Waals surface area contributed by atoms with E-state index in [0.29, 0.717) is 6.42 Å². The predicted molar refractivity (Wildman–Crippen MR) is 90.2 cm³/mol. The highest BCUT2D eigenvalue weighted by atomic mass is 16.1. The molecule has 1 aliphatic heterocycles. The molecule has 1 atom stereocenters. The number of nitrogens with one attached hydrogen (secondary N) is 1. The molecule has 0 radical (unpaired) electrons. The maximum atomic E-state index is 12.1. The molecule has 1 amide bonds. The first-order valence-electron chi connectivity index (χ1n) is 7.61. The quantitative estimate of drug-likeness (QED) is 0.695. The molecule has 0 saturated heterocycles. The summed E-state index contributed by atoms with van der Waals surface area (Å²) >= 11 is 0. The number of anilines is 1. The Balaban J connectivity index is 2.02. The number of aryl methyl sites for hydroxylation is 1. The molecule has 1 heterocycles. The van der Waals surface area contributed by atoms with Crippen LogP contribution in [-0.2, 0) is 4.79 Å². The highest BCUT2D eigenvalue weighted by molar-refractivity contribution is 6.01. The van der Waals surface area contributed by atoms with Gasteiger partial charge >= 0.3 is 0 Å². The Morgan fingerprint density at radius 2 is 1.73 bits per heavy atom. The molecule has 2 nitrogen and oxygen atoms in total. The molecule has 4 rings (SSSR count). The molecule has 0 aromatic heterocycles. The van der Waals surface area contributed by atoms with Gasteiger partial charge in [0.05, 0.1) is 0 Å². The first kappa shape index (κ1) is 13.1. The second-order valence-electron chi connectivity index (χ2n) is 5.91. The van der Waals surface area contributed by atoms with Crippen molar-refractivity contribution in [3.8, 4) is 0 Å². The number of hydrogen-bond donors (Lipinski definition) is 1.